The van der Waals surface area contributed by atoms with Crippen LogP contribution in [0, 0.1) is 0 Å². The zero-order chi connectivity index (χ0) is 16.5. The molecule has 1 aliphatic carbocycles. The molecule has 120 valence electrons. The molecule has 0 aliphatic heterocycles. The number of aromatic nitrogens is 1. The maximum atomic E-state index is 11.1. The lowest BCUT2D eigenvalue weighted by molar-refractivity contribution is 0.0696. The summed E-state index contributed by atoms with van der Waals surface area (Å²) in [7, 11) is 0. The molecule has 0 radical (unpaired) electrons. The lowest BCUT2D eigenvalue weighted by Gasteiger charge is -2.14. The number of aromatic carboxylic acids is 1. The van der Waals surface area contributed by atoms with Crippen molar-refractivity contribution in [3.8, 4) is 0 Å². The molecule has 0 atom stereocenters. The Morgan fingerprint density at radius 3 is 2.67 bits per heavy atom. The summed E-state index contributed by atoms with van der Waals surface area (Å²) in [6.07, 6.45) is 3.79. The zero-order valence-electron chi connectivity index (χ0n) is 13.2. The van der Waals surface area contributed by atoms with E-state index in [2.05, 4.69) is 22.4 Å². The van der Waals surface area contributed by atoms with E-state index in [1.54, 1.807) is 6.07 Å². The maximum Gasteiger partial charge on any atom is 0.337 e. The molecule has 1 aromatic heterocycles. The van der Waals surface area contributed by atoms with Crippen molar-refractivity contribution >= 4 is 22.6 Å². The van der Waals surface area contributed by atoms with Crippen LogP contribution >= 0.6 is 0 Å². The third kappa shape index (κ3) is 2.83. The quantitative estimate of drug-likeness (QED) is 0.731. The second kappa shape index (κ2) is 5.96. The number of nitrogens with zero attached hydrogens (tertiary/aromatic N) is 1. The van der Waals surface area contributed by atoms with Gasteiger partial charge in [0.15, 0.2) is 0 Å². The monoisotopic (exact) mass is 318 g/mol. The predicted molar refractivity (Wildman–Crippen MR) is 94.4 cm³/mol. The van der Waals surface area contributed by atoms with Crippen LogP contribution in [0.5, 0.6) is 0 Å². The Balaban J connectivity index is 1.71. The molecule has 0 spiro atoms. The summed E-state index contributed by atoms with van der Waals surface area (Å²) in [5.74, 6) is -0.418. The highest BCUT2D eigenvalue weighted by Crippen LogP contribution is 2.46. The maximum absolute atomic E-state index is 11.1. The van der Waals surface area contributed by atoms with Crippen LogP contribution in [-0.2, 0) is 6.54 Å². The fraction of sp³-hybridized carbons (Fsp3) is 0.200. The van der Waals surface area contributed by atoms with Crippen LogP contribution in [0.25, 0.3) is 10.9 Å². The standard InChI is InChI=1S/C20H18N2O2/c23-20(24)16-10-15-8-9-17(21-11-13-4-2-1-3-5-13)18(14-6-7-14)19(15)22-12-16/h1-5,8-10,12,14,21H,6-7,11H2,(H,23,24). The number of fused-ring (bicyclic) bond motifs is 1. The van der Waals surface area contributed by atoms with Gasteiger partial charge in [0, 0.05) is 29.4 Å². The number of carboxylic acid groups (broad SMARTS) is 1. The first-order chi connectivity index (χ1) is 11.7. The molecule has 1 saturated carbocycles. The number of benzene rings is 2. The smallest absolute Gasteiger partial charge is 0.337 e. The highest BCUT2D eigenvalue weighted by Gasteiger charge is 2.29. The van der Waals surface area contributed by atoms with Gasteiger partial charge in [-0.05, 0) is 36.5 Å². The Labute approximate surface area is 140 Å². The van der Waals surface area contributed by atoms with Crippen molar-refractivity contribution in [2.75, 3.05) is 5.32 Å². The summed E-state index contributed by atoms with van der Waals surface area (Å²) in [4.78, 5) is 15.6. The highest BCUT2D eigenvalue weighted by atomic mass is 16.4. The lowest BCUT2D eigenvalue weighted by Crippen LogP contribution is -2.04. The molecule has 0 amide bonds. The second-order valence-corrected chi connectivity index (χ2v) is 6.24. The molecular formula is C20H18N2O2. The van der Waals surface area contributed by atoms with Crippen LogP contribution in [0.4, 0.5) is 5.69 Å². The largest absolute Gasteiger partial charge is 0.478 e. The van der Waals surface area contributed by atoms with E-state index in [9.17, 15) is 4.79 Å². The number of pyridine rings is 1. The first kappa shape index (κ1) is 14.7. The molecule has 3 aromatic rings. The molecule has 24 heavy (non-hydrogen) atoms. The number of carbonyl (C=O) groups is 1. The van der Waals surface area contributed by atoms with E-state index >= 15 is 0 Å². The lowest BCUT2D eigenvalue weighted by atomic mass is 10.0. The Morgan fingerprint density at radius 1 is 1.17 bits per heavy atom. The van der Waals surface area contributed by atoms with E-state index in [1.807, 2.05) is 30.3 Å². The van der Waals surface area contributed by atoms with Crippen LogP contribution in [0.1, 0.15) is 40.2 Å². The third-order valence-electron chi connectivity index (χ3n) is 4.45. The van der Waals surface area contributed by atoms with Gasteiger partial charge in [0.05, 0.1) is 11.1 Å². The normalized spacial score (nSPS) is 13.8. The zero-order valence-corrected chi connectivity index (χ0v) is 13.2. The molecule has 1 aliphatic rings. The first-order valence-electron chi connectivity index (χ1n) is 8.16. The molecule has 4 rings (SSSR count). The third-order valence-corrected chi connectivity index (χ3v) is 4.45. The van der Waals surface area contributed by atoms with Crippen LogP contribution in [0.2, 0.25) is 0 Å². The van der Waals surface area contributed by atoms with Crippen LogP contribution < -0.4 is 5.32 Å². The van der Waals surface area contributed by atoms with Crippen molar-refractivity contribution in [3.63, 3.8) is 0 Å². The van der Waals surface area contributed by atoms with E-state index in [4.69, 9.17) is 5.11 Å². The first-order valence-corrected chi connectivity index (χ1v) is 8.16. The summed E-state index contributed by atoms with van der Waals surface area (Å²) in [5, 5.41) is 13.6. The number of hydrogen-bond acceptors (Lipinski definition) is 3. The highest BCUT2D eigenvalue weighted by molar-refractivity contribution is 5.95. The van der Waals surface area contributed by atoms with Gasteiger partial charge in [-0.15, -0.1) is 0 Å². The minimum absolute atomic E-state index is 0.231. The van der Waals surface area contributed by atoms with Gasteiger partial charge in [-0.1, -0.05) is 36.4 Å². The molecule has 1 fully saturated rings. The van der Waals surface area contributed by atoms with Gasteiger partial charge < -0.3 is 10.4 Å². The molecule has 0 saturated heterocycles. The molecule has 0 unspecified atom stereocenters. The Hall–Kier alpha value is -2.88. The molecule has 2 aromatic carbocycles. The second-order valence-electron chi connectivity index (χ2n) is 6.24. The fourth-order valence-corrected chi connectivity index (χ4v) is 3.07. The van der Waals surface area contributed by atoms with Crippen molar-refractivity contribution in [3.05, 3.63) is 71.4 Å². The minimum Gasteiger partial charge on any atom is -0.478 e. The van der Waals surface area contributed by atoms with E-state index in [0.29, 0.717) is 5.92 Å². The Kier molecular flexibility index (Phi) is 3.65. The topological polar surface area (TPSA) is 62.2 Å². The SMILES string of the molecule is O=C(O)c1cnc2c(C3CC3)c(NCc3ccccc3)ccc2c1. The summed E-state index contributed by atoms with van der Waals surface area (Å²) >= 11 is 0. The minimum atomic E-state index is -0.941. The number of rotatable bonds is 5. The van der Waals surface area contributed by atoms with Gasteiger partial charge in [-0.3, -0.25) is 4.98 Å². The van der Waals surface area contributed by atoms with Gasteiger partial charge >= 0.3 is 5.97 Å². The predicted octanol–water partition coefficient (Wildman–Crippen LogP) is 4.42. The summed E-state index contributed by atoms with van der Waals surface area (Å²) in [5.41, 5.74) is 4.70. The molecular weight excluding hydrogens is 300 g/mol. The average Bonchev–Trinajstić information content (AvgIpc) is 3.44. The number of nitrogens with one attached hydrogen (secondary N) is 1. The van der Waals surface area contributed by atoms with Crippen molar-refractivity contribution in [1.29, 1.82) is 0 Å². The molecule has 4 nitrogen and oxygen atoms in total. The van der Waals surface area contributed by atoms with Crippen molar-refractivity contribution in [1.82, 2.24) is 4.98 Å². The van der Waals surface area contributed by atoms with Crippen molar-refractivity contribution in [2.45, 2.75) is 25.3 Å². The number of anilines is 1. The van der Waals surface area contributed by atoms with Crippen LogP contribution in [0.15, 0.2) is 54.7 Å². The number of hydrogen-bond donors (Lipinski definition) is 2. The van der Waals surface area contributed by atoms with Gasteiger partial charge in [0.2, 0.25) is 0 Å². The van der Waals surface area contributed by atoms with Gasteiger partial charge in [-0.2, -0.15) is 0 Å². The summed E-state index contributed by atoms with van der Waals surface area (Å²) < 4.78 is 0. The van der Waals surface area contributed by atoms with Crippen molar-refractivity contribution < 1.29 is 9.90 Å². The molecule has 0 bridgehead atoms. The van der Waals surface area contributed by atoms with E-state index in [0.717, 1.165) is 23.1 Å². The van der Waals surface area contributed by atoms with Crippen LogP contribution in [0.3, 0.4) is 0 Å². The average molecular weight is 318 g/mol. The van der Waals surface area contributed by atoms with Gasteiger partial charge in [-0.25, -0.2) is 4.79 Å². The van der Waals surface area contributed by atoms with E-state index < -0.39 is 5.97 Å². The molecule has 2 N–H and O–H groups in total. The van der Waals surface area contributed by atoms with Gasteiger partial charge in [0.1, 0.15) is 0 Å². The number of carboxylic acids is 1. The van der Waals surface area contributed by atoms with Gasteiger partial charge in [0.25, 0.3) is 0 Å². The Morgan fingerprint density at radius 2 is 1.96 bits per heavy atom. The van der Waals surface area contributed by atoms with E-state index in [-0.39, 0.29) is 5.56 Å². The van der Waals surface area contributed by atoms with Crippen LogP contribution in [-0.4, -0.2) is 16.1 Å². The molecule has 1 heterocycles. The molecule has 4 heteroatoms. The fourth-order valence-electron chi connectivity index (χ4n) is 3.07. The summed E-state index contributed by atoms with van der Waals surface area (Å²) in [6.45, 7) is 0.763. The van der Waals surface area contributed by atoms with Crippen molar-refractivity contribution in [2.24, 2.45) is 0 Å². The summed E-state index contributed by atoms with van der Waals surface area (Å²) in [6, 6.07) is 16.0. The van der Waals surface area contributed by atoms with E-state index in [1.165, 1.54) is 30.2 Å². The Bertz CT molecular complexity index is 902.